The molecule has 2 heteroatoms. The number of aryl methyl sites for hydroxylation is 2. The summed E-state index contributed by atoms with van der Waals surface area (Å²) in [5.74, 6) is 1.93. The van der Waals surface area contributed by atoms with Crippen molar-refractivity contribution >= 4 is 0 Å². The molecular formula is C27H25NO. The summed E-state index contributed by atoms with van der Waals surface area (Å²) in [5.41, 5.74) is 10.1. The van der Waals surface area contributed by atoms with Crippen LogP contribution in [0, 0.1) is 13.8 Å². The molecule has 4 aromatic carbocycles. The van der Waals surface area contributed by atoms with Crippen molar-refractivity contribution in [2.45, 2.75) is 20.3 Å². The minimum absolute atomic E-state index is 0. The van der Waals surface area contributed by atoms with E-state index >= 15 is 0 Å². The first-order valence-electron chi connectivity index (χ1n) is 9.75. The Balaban J connectivity index is 0.00000205. The Bertz CT molecular complexity index is 1160. The first kappa shape index (κ1) is 19.0. The van der Waals surface area contributed by atoms with Gasteiger partial charge in [-0.15, -0.1) is 0 Å². The van der Waals surface area contributed by atoms with E-state index in [-0.39, 0.29) is 6.15 Å². The van der Waals surface area contributed by atoms with Gasteiger partial charge in [-0.1, -0.05) is 83.9 Å². The summed E-state index contributed by atoms with van der Waals surface area (Å²) in [6.07, 6.45) is 0.883. The van der Waals surface area contributed by atoms with Crippen molar-refractivity contribution in [3.8, 4) is 33.8 Å². The minimum Gasteiger partial charge on any atom is -0.457 e. The topological polar surface area (TPSA) is 44.2 Å². The Kier molecular flexibility index (Phi) is 4.96. The Morgan fingerprint density at radius 2 is 1.24 bits per heavy atom. The molecule has 0 saturated carbocycles. The lowest BCUT2D eigenvalue weighted by molar-refractivity contribution is 0.460. The molecule has 0 aromatic heterocycles. The molecule has 5 rings (SSSR count). The van der Waals surface area contributed by atoms with E-state index in [0.717, 1.165) is 17.9 Å². The first-order valence-corrected chi connectivity index (χ1v) is 9.75. The average Bonchev–Trinajstić information content (AvgIpc) is 2.73. The number of para-hydroxylation sites is 1. The fourth-order valence-electron chi connectivity index (χ4n) is 3.98. The van der Waals surface area contributed by atoms with Crippen LogP contribution in [0.2, 0.25) is 0 Å². The van der Waals surface area contributed by atoms with E-state index in [1.807, 2.05) is 6.07 Å². The molecule has 0 spiro atoms. The zero-order chi connectivity index (χ0) is 19.1. The third kappa shape index (κ3) is 3.43. The number of rotatable bonds is 2. The Morgan fingerprint density at radius 1 is 0.621 bits per heavy atom. The standard InChI is InChI=1S/C27H22O.H3N/c1-18-7-11-20(12-8-18)23-15-16-26-24(17-22-5-3-4-6-25(22)28-26)27(23)21-13-9-19(2)10-14-21;/h3-16H,17H2,1-2H3;1H3. The fourth-order valence-corrected chi connectivity index (χ4v) is 3.98. The van der Waals surface area contributed by atoms with Crippen molar-refractivity contribution < 1.29 is 4.74 Å². The molecule has 0 fully saturated rings. The van der Waals surface area contributed by atoms with Gasteiger partial charge in [-0.2, -0.15) is 0 Å². The highest BCUT2D eigenvalue weighted by Gasteiger charge is 2.23. The maximum Gasteiger partial charge on any atom is 0.131 e. The summed E-state index contributed by atoms with van der Waals surface area (Å²) < 4.78 is 6.27. The average molecular weight is 380 g/mol. The fraction of sp³-hybridized carbons (Fsp3) is 0.111. The molecular weight excluding hydrogens is 354 g/mol. The highest BCUT2D eigenvalue weighted by Crippen LogP contribution is 2.45. The van der Waals surface area contributed by atoms with Crippen molar-refractivity contribution in [2.24, 2.45) is 0 Å². The lowest BCUT2D eigenvalue weighted by Crippen LogP contribution is -2.05. The summed E-state index contributed by atoms with van der Waals surface area (Å²) in [4.78, 5) is 0. The SMILES string of the molecule is Cc1ccc(-c2ccc3c(c2-c2ccc(C)cc2)Cc2ccccc2O3)cc1.N. The summed E-state index contributed by atoms with van der Waals surface area (Å²) in [5, 5.41) is 0. The zero-order valence-electron chi connectivity index (χ0n) is 16.9. The van der Waals surface area contributed by atoms with Crippen LogP contribution in [0.5, 0.6) is 11.5 Å². The zero-order valence-corrected chi connectivity index (χ0v) is 16.9. The molecule has 29 heavy (non-hydrogen) atoms. The van der Waals surface area contributed by atoms with Crippen LogP contribution >= 0.6 is 0 Å². The van der Waals surface area contributed by atoms with Gasteiger partial charge in [0.1, 0.15) is 11.5 Å². The molecule has 0 amide bonds. The number of hydrogen-bond donors (Lipinski definition) is 1. The Labute approximate surface area is 172 Å². The maximum absolute atomic E-state index is 6.27. The van der Waals surface area contributed by atoms with Crippen molar-refractivity contribution in [1.29, 1.82) is 0 Å². The van der Waals surface area contributed by atoms with Crippen molar-refractivity contribution in [3.63, 3.8) is 0 Å². The molecule has 4 aromatic rings. The van der Waals surface area contributed by atoms with Gasteiger partial charge >= 0.3 is 0 Å². The summed E-state index contributed by atoms with van der Waals surface area (Å²) in [7, 11) is 0. The highest BCUT2D eigenvalue weighted by atomic mass is 16.5. The molecule has 2 nitrogen and oxygen atoms in total. The molecule has 1 heterocycles. The van der Waals surface area contributed by atoms with Gasteiger partial charge in [0.25, 0.3) is 0 Å². The predicted octanol–water partition coefficient (Wildman–Crippen LogP) is 7.50. The number of benzene rings is 4. The second kappa shape index (κ2) is 7.57. The lowest BCUT2D eigenvalue weighted by Gasteiger charge is -2.25. The van der Waals surface area contributed by atoms with Gasteiger partial charge in [0.2, 0.25) is 0 Å². The normalized spacial score (nSPS) is 11.7. The van der Waals surface area contributed by atoms with Gasteiger partial charge in [-0.25, -0.2) is 0 Å². The molecule has 0 bridgehead atoms. The van der Waals surface area contributed by atoms with Gasteiger partial charge in [-0.3, -0.25) is 0 Å². The second-order valence-corrected chi connectivity index (χ2v) is 7.58. The number of hydrogen-bond acceptors (Lipinski definition) is 2. The van der Waals surface area contributed by atoms with E-state index in [1.165, 1.54) is 44.5 Å². The van der Waals surface area contributed by atoms with Gasteiger partial charge in [0.05, 0.1) is 0 Å². The molecule has 1 aliphatic heterocycles. The molecule has 3 N–H and O–H groups in total. The molecule has 0 saturated heterocycles. The number of fused-ring (bicyclic) bond motifs is 2. The molecule has 1 aliphatic rings. The third-order valence-corrected chi connectivity index (χ3v) is 5.53. The van der Waals surface area contributed by atoms with Crippen LogP contribution in [0.15, 0.2) is 84.9 Å². The quantitative estimate of drug-likeness (QED) is 0.345. The van der Waals surface area contributed by atoms with Crippen LogP contribution in [-0.2, 0) is 6.42 Å². The van der Waals surface area contributed by atoms with E-state index < -0.39 is 0 Å². The van der Waals surface area contributed by atoms with Gasteiger partial charge in [0.15, 0.2) is 0 Å². The van der Waals surface area contributed by atoms with Gasteiger partial charge in [0, 0.05) is 12.0 Å². The maximum atomic E-state index is 6.27. The molecule has 0 atom stereocenters. The van der Waals surface area contributed by atoms with Crippen LogP contribution in [0.4, 0.5) is 0 Å². The van der Waals surface area contributed by atoms with Gasteiger partial charge in [-0.05, 0) is 53.8 Å². The Morgan fingerprint density at radius 3 is 1.93 bits per heavy atom. The van der Waals surface area contributed by atoms with Gasteiger partial charge < -0.3 is 10.9 Å². The van der Waals surface area contributed by atoms with Crippen LogP contribution in [-0.4, -0.2) is 0 Å². The van der Waals surface area contributed by atoms with Crippen LogP contribution < -0.4 is 10.9 Å². The third-order valence-electron chi connectivity index (χ3n) is 5.53. The molecule has 0 aliphatic carbocycles. The highest BCUT2D eigenvalue weighted by molar-refractivity contribution is 5.88. The van der Waals surface area contributed by atoms with E-state index in [2.05, 4.69) is 92.7 Å². The van der Waals surface area contributed by atoms with Crippen molar-refractivity contribution in [3.05, 3.63) is 107 Å². The van der Waals surface area contributed by atoms with E-state index in [1.54, 1.807) is 0 Å². The second-order valence-electron chi connectivity index (χ2n) is 7.58. The van der Waals surface area contributed by atoms with E-state index in [9.17, 15) is 0 Å². The summed E-state index contributed by atoms with van der Waals surface area (Å²) in [6.45, 7) is 4.26. The van der Waals surface area contributed by atoms with Crippen molar-refractivity contribution in [2.75, 3.05) is 0 Å². The first-order chi connectivity index (χ1) is 13.7. The lowest BCUT2D eigenvalue weighted by atomic mass is 9.86. The van der Waals surface area contributed by atoms with Crippen LogP contribution in [0.3, 0.4) is 0 Å². The smallest absolute Gasteiger partial charge is 0.131 e. The summed E-state index contributed by atoms with van der Waals surface area (Å²) in [6, 6.07) is 30.3. The van der Waals surface area contributed by atoms with E-state index in [0.29, 0.717) is 0 Å². The summed E-state index contributed by atoms with van der Waals surface area (Å²) >= 11 is 0. The number of ether oxygens (including phenoxy) is 1. The van der Waals surface area contributed by atoms with Crippen LogP contribution in [0.1, 0.15) is 22.3 Å². The Hall–Kier alpha value is -3.36. The predicted molar refractivity (Wildman–Crippen MR) is 121 cm³/mol. The monoisotopic (exact) mass is 379 g/mol. The van der Waals surface area contributed by atoms with E-state index in [4.69, 9.17) is 4.74 Å². The minimum atomic E-state index is 0. The molecule has 0 radical (unpaired) electrons. The molecule has 144 valence electrons. The molecule has 0 unspecified atom stereocenters. The van der Waals surface area contributed by atoms with Crippen LogP contribution in [0.25, 0.3) is 22.3 Å². The largest absolute Gasteiger partial charge is 0.457 e. The van der Waals surface area contributed by atoms with Crippen molar-refractivity contribution in [1.82, 2.24) is 6.15 Å².